The molecule has 3 aromatic rings. The number of ether oxygens (including phenoxy) is 2. The molecule has 0 unspecified atom stereocenters. The van der Waals surface area contributed by atoms with E-state index in [0.29, 0.717) is 33.8 Å². The maximum atomic E-state index is 12.4. The minimum Gasteiger partial charge on any atom is -0.493 e. The zero-order valence-corrected chi connectivity index (χ0v) is 21.2. The Balaban J connectivity index is 1.41. The predicted octanol–water partition coefficient (Wildman–Crippen LogP) is 4.17. The van der Waals surface area contributed by atoms with E-state index in [4.69, 9.17) is 9.47 Å². The molecule has 1 aromatic heterocycles. The first-order valence-corrected chi connectivity index (χ1v) is 12.6. The topological polar surface area (TPSA) is 119 Å². The van der Waals surface area contributed by atoms with Gasteiger partial charge in [0.1, 0.15) is 0 Å². The minimum atomic E-state index is -0.185. The SMILES string of the molecule is COc1ccc(CC(=O)Nc2nc(CSCC(=O)Nc3ccc(NC(C)=O)cc3)cs2)cc1OC. The molecule has 11 heteroatoms. The van der Waals surface area contributed by atoms with E-state index in [0.717, 1.165) is 11.3 Å². The summed E-state index contributed by atoms with van der Waals surface area (Å²) < 4.78 is 10.5. The van der Waals surface area contributed by atoms with Crippen LogP contribution in [0.15, 0.2) is 47.8 Å². The molecule has 2 aromatic carbocycles. The number of carbonyl (C=O) groups is 3. The number of methoxy groups -OCH3 is 2. The number of amides is 3. The number of nitrogens with one attached hydrogen (secondary N) is 3. The highest BCUT2D eigenvalue weighted by Gasteiger charge is 2.11. The quantitative estimate of drug-likeness (QED) is 0.351. The largest absolute Gasteiger partial charge is 0.493 e. The van der Waals surface area contributed by atoms with Crippen molar-refractivity contribution in [1.82, 2.24) is 4.98 Å². The number of hydrogen-bond acceptors (Lipinski definition) is 8. The van der Waals surface area contributed by atoms with Crippen LogP contribution in [0.1, 0.15) is 18.2 Å². The monoisotopic (exact) mass is 514 g/mol. The molecular formula is C24H26N4O5S2. The molecule has 0 fully saturated rings. The van der Waals surface area contributed by atoms with Crippen molar-refractivity contribution in [2.75, 3.05) is 35.9 Å². The lowest BCUT2D eigenvalue weighted by molar-refractivity contribution is -0.116. The van der Waals surface area contributed by atoms with Crippen LogP contribution in [0.5, 0.6) is 11.5 Å². The van der Waals surface area contributed by atoms with Crippen LogP contribution in [0.3, 0.4) is 0 Å². The molecule has 0 aliphatic heterocycles. The fourth-order valence-electron chi connectivity index (χ4n) is 3.06. The highest BCUT2D eigenvalue weighted by Crippen LogP contribution is 2.28. The number of anilines is 3. The lowest BCUT2D eigenvalue weighted by Gasteiger charge is -2.09. The molecule has 0 aliphatic rings. The fourth-order valence-corrected chi connectivity index (χ4v) is 4.60. The highest BCUT2D eigenvalue weighted by molar-refractivity contribution is 7.99. The van der Waals surface area contributed by atoms with Crippen LogP contribution in [-0.4, -0.2) is 42.7 Å². The van der Waals surface area contributed by atoms with Crippen LogP contribution < -0.4 is 25.4 Å². The van der Waals surface area contributed by atoms with Gasteiger partial charge in [-0.2, -0.15) is 0 Å². The van der Waals surface area contributed by atoms with E-state index in [-0.39, 0.29) is 29.9 Å². The van der Waals surface area contributed by atoms with Crippen molar-refractivity contribution >= 4 is 57.3 Å². The molecule has 35 heavy (non-hydrogen) atoms. The van der Waals surface area contributed by atoms with Gasteiger partial charge in [0.15, 0.2) is 16.6 Å². The van der Waals surface area contributed by atoms with Crippen LogP contribution >= 0.6 is 23.1 Å². The molecule has 0 saturated heterocycles. The van der Waals surface area contributed by atoms with Gasteiger partial charge in [0.25, 0.3) is 0 Å². The molecule has 3 rings (SSSR count). The summed E-state index contributed by atoms with van der Waals surface area (Å²) in [5.74, 6) is 1.49. The number of thiazole rings is 1. The number of aromatic nitrogens is 1. The Kier molecular flexibility index (Phi) is 9.50. The van der Waals surface area contributed by atoms with E-state index >= 15 is 0 Å². The first-order valence-electron chi connectivity index (χ1n) is 10.6. The van der Waals surface area contributed by atoms with Crippen molar-refractivity contribution in [3.63, 3.8) is 0 Å². The molecule has 0 atom stereocenters. The zero-order valence-electron chi connectivity index (χ0n) is 19.5. The molecule has 0 aliphatic carbocycles. The summed E-state index contributed by atoms with van der Waals surface area (Å²) in [6.07, 6.45) is 0.177. The average Bonchev–Trinajstić information content (AvgIpc) is 3.26. The number of hydrogen-bond donors (Lipinski definition) is 3. The van der Waals surface area contributed by atoms with Crippen molar-refractivity contribution < 1.29 is 23.9 Å². The Labute approximate surface area is 211 Å². The second-order valence-corrected chi connectivity index (χ2v) is 9.20. The molecule has 0 saturated carbocycles. The maximum absolute atomic E-state index is 12.4. The standard InChI is InChI=1S/C24H26N4O5S2/c1-15(29)25-17-5-7-18(8-6-17)26-23(31)14-34-12-19-13-35-24(27-19)28-22(30)11-16-4-9-20(32-2)21(10-16)33-3/h4-10,13H,11-12,14H2,1-3H3,(H,25,29)(H,26,31)(H,27,28,30). The van der Waals surface area contributed by atoms with Crippen LogP contribution in [0.25, 0.3) is 0 Å². The van der Waals surface area contributed by atoms with Crippen LogP contribution in [-0.2, 0) is 26.6 Å². The first kappa shape index (κ1) is 26.0. The Morgan fingerprint density at radius 1 is 0.914 bits per heavy atom. The Bertz CT molecular complexity index is 1180. The van der Waals surface area contributed by atoms with Gasteiger partial charge in [-0.25, -0.2) is 4.98 Å². The first-order chi connectivity index (χ1) is 16.9. The third-order valence-electron chi connectivity index (χ3n) is 4.58. The third-order valence-corrected chi connectivity index (χ3v) is 6.36. The lowest BCUT2D eigenvalue weighted by Crippen LogP contribution is -2.14. The summed E-state index contributed by atoms with van der Waals surface area (Å²) in [5.41, 5.74) is 2.90. The van der Waals surface area contributed by atoms with E-state index < -0.39 is 0 Å². The summed E-state index contributed by atoms with van der Waals surface area (Å²) >= 11 is 2.76. The minimum absolute atomic E-state index is 0.138. The number of nitrogens with zero attached hydrogens (tertiary/aromatic N) is 1. The van der Waals surface area contributed by atoms with Gasteiger partial charge in [-0.3, -0.25) is 14.4 Å². The molecular weight excluding hydrogens is 488 g/mol. The summed E-state index contributed by atoms with van der Waals surface area (Å²) in [7, 11) is 3.11. The van der Waals surface area contributed by atoms with Gasteiger partial charge in [0.2, 0.25) is 17.7 Å². The van der Waals surface area contributed by atoms with E-state index in [2.05, 4.69) is 20.9 Å². The van der Waals surface area contributed by atoms with Gasteiger partial charge in [0.05, 0.1) is 32.1 Å². The van der Waals surface area contributed by atoms with E-state index in [1.807, 2.05) is 11.4 Å². The normalized spacial score (nSPS) is 10.4. The molecule has 9 nitrogen and oxygen atoms in total. The summed E-state index contributed by atoms with van der Waals surface area (Å²) in [5, 5.41) is 10.7. The molecule has 0 spiro atoms. The van der Waals surface area contributed by atoms with Gasteiger partial charge < -0.3 is 25.4 Å². The van der Waals surface area contributed by atoms with Gasteiger partial charge in [0, 0.05) is 29.4 Å². The average molecular weight is 515 g/mol. The predicted molar refractivity (Wildman–Crippen MR) is 140 cm³/mol. The fraction of sp³-hybridized carbons (Fsp3) is 0.250. The van der Waals surface area contributed by atoms with Crippen molar-refractivity contribution in [3.8, 4) is 11.5 Å². The van der Waals surface area contributed by atoms with E-state index in [9.17, 15) is 14.4 Å². The number of benzene rings is 2. The van der Waals surface area contributed by atoms with Gasteiger partial charge in [-0.05, 0) is 42.0 Å². The number of thioether (sulfide) groups is 1. The summed E-state index contributed by atoms with van der Waals surface area (Å²) in [6.45, 7) is 1.44. The van der Waals surface area contributed by atoms with E-state index in [1.54, 1.807) is 50.6 Å². The molecule has 184 valence electrons. The lowest BCUT2D eigenvalue weighted by atomic mass is 10.1. The smallest absolute Gasteiger partial charge is 0.234 e. The summed E-state index contributed by atoms with van der Waals surface area (Å²) in [6, 6.07) is 12.2. The summed E-state index contributed by atoms with van der Waals surface area (Å²) in [4.78, 5) is 40.1. The van der Waals surface area contributed by atoms with Gasteiger partial charge in [-0.15, -0.1) is 23.1 Å². The highest BCUT2D eigenvalue weighted by atomic mass is 32.2. The maximum Gasteiger partial charge on any atom is 0.234 e. The molecule has 1 heterocycles. The van der Waals surface area contributed by atoms with Crippen LogP contribution in [0.4, 0.5) is 16.5 Å². The zero-order chi connectivity index (χ0) is 25.2. The molecule has 3 N–H and O–H groups in total. The van der Waals surface area contributed by atoms with Crippen molar-refractivity contribution in [3.05, 3.63) is 59.1 Å². The van der Waals surface area contributed by atoms with Crippen molar-refractivity contribution in [1.29, 1.82) is 0 Å². The molecule has 0 bridgehead atoms. The Morgan fingerprint density at radius 2 is 1.60 bits per heavy atom. The second kappa shape index (κ2) is 12.8. The number of rotatable bonds is 11. The van der Waals surface area contributed by atoms with Crippen molar-refractivity contribution in [2.24, 2.45) is 0 Å². The Hall–Kier alpha value is -3.57. The van der Waals surface area contributed by atoms with Gasteiger partial charge >= 0.3 is 0 Å². The van der Waals surface area contributed by atoms with Crippen LogP contribution in [0.2, 0.25) is 0 Å². The molecule has 3 amide bonds. The molecule has 0 radical (unpaired) electrons. The van der Waals surface area contributed by atoms with Crippen molar-refractivity contribution in [2.45, 2.75) is 19.1 Å². The van der Waals surface area contributed by atoms with E-state index in [1.165, 1.54) is 30.0 Å². The third kappa shape index (κ3) is 8.30. The van der Waals surface area contributed by atoms with Crippen LogP contribution in [0, 0.1) is 0 Å². The number of carbonyl (C=O) groups excluding carboxylic acids is 3. The van der Waals surface area contributed by atoms with Gasteiger partial charge in [-0.1, -0.05) is 6.07 Å². The second-order valence-electron chi connectivity index (χ2n) is 7.36. The Morgan fingerprint density at radius 3 is 2.26 bits per heavy atom.